The highest BCUT2D eigenvalue weighted by Crippen LogP contribution is 2.13. The average Bonchev–Trinajstić information content (AvgIpc) is 2.59. The number of hydrogen-bond donors (Lipinski definition) is 2. The van der Waals surface area contributed by atoms with Crippen LogP contribution in [-0.2, 0) is 17.8 Å². The van der Waals surface area contributed by atoms with Crippen LogP contribution in [0.25, 0.3) is 0 Å². The van der Waals surface area contributed by atoms with Crippen LogP contribution in [0.2, 0.25) is 0 Å². The zero-order valence-electron chi connectivity index (χ0n) is 11.8. The number of rotatable bonds is 7. The number of primary amides is 1. The van der Waals surface area contributed by atoms with E-state index in [1.807, 2.05) is 18.5 Å². The summed E-state index contributed by atoms with van der Waals surface area (Å²) in [6, 6.07) is -0.354. The van der Waals surface area contributed by atoms with Gasteiger partial charge in [-0.1, -0.05) is 13.8 Å². The molecule has 0 fully saturated rings. The molecule has 1 aromatic rings. The highest BCUT2D eigenvalue weighted by Gasteiger charge is 2.18. The summed E-state index contributed by atoms with van der Waals surface area (Å²) in [5, 5.41) is 7.64. The van der Waals surface area contributed by atoms with Crippen LogP contribution in [0.5, 0.6) is 0 Å². The van der Waals surface area contributed by atoms with E-state index in [1.165, 1.54) is 5.56 Å². The second-order valence-corrected chi connectivity index (χ2v) is 4.59. The summed E-state index contributed by atoms with van der Waals surface area (Å²) >= 11 is 0. The molecule has 0 aliphatic heterocycles. The topological polar surface area (TPSA) is 72.9 Å². The third kappa shape index (κ3) is 3.32. The highest BCUT2D eigenvalue weighted by atomic mass is 16.1. The molecular formula is C13H24N4O. The van der Waals surface area contributed by atoms with E-state index in [1.54, 1.807) is 0 Å². The van der Waals surface area contributed by atoms with Gasteiger partial charge in [-0.05, 0) is 38.8 Å². The van der Waals surface area contributed by atoms with E-state index in [0.29, 0.717) is 6.54 Å². The van der Waals surface area contributed by atoms with Gasteiger partial charge < -0.3 is 11.1 Å². The highest BCUT2D eigenvalue weighted by molar-refractivity contribution is 5.79. The molecule has 0 radical (unpaired) electrons. The Balaban J connectivity index is 2.84. The minimum absolute atomic E-state index is 0.325. The number of aromatic nitrogens is 2. The molecule has 0 spiro atoms. The zero-order valence-corrected chi connectivity index (χ0v) is 11.8. The van der Waals surface area contributed by atoms with Crippen molar-refractivity contribution >= 4 is 5.91 Å². The van der Waals surface area contributed by atoms with Crippen LogP contribution in [0, 0.1) is 13.8 Å². The molecule has 18 heavy (non-hydrogen) atoms. The SMILES string of the molecule is CCCNC(Cn1nc(C)c(CC)c1C)C(N)=O. The van der Waals surface area contributed by atoms with Crippen LogP contribution in [0.15, 0.2) is 0 Å². The monoisotopic (exact) mass is 252 g/mol. The molecule has 1 unspecified atom stereocenters. The third-order valence-corrected chi connectivity index (χ3v) is 3.22. The van der Waals surface area contributed by atoms with Gasteiger partial charge in [0.15, 0.2) is 0 Å². The van der Waals surface area contributed by atoms with Crippen molar-refractivity contribution in [3.05, 3.63) is 17.0 Å². The van der Waals surface area contributed by atoms with Crippen LogP contribution in [0.4, 0.5) is 0 Å². The summed E-state index contributed by atoms with van der Waals surface area (Å²) in [7, 11) is 0. The fraction of sp³-hybridized carbons (Fsp3) is 0.692. The van der Waals surface area contributed by atoms with Gasteiger partial charge in [-0.15, -0.1) is 0 Å². The Labute approximate surface area is 109 Å². The first-order chi connectivity index (χ1) is 8.51. The van der Waals surface area contributed by atoms with E-state index < -0.39 is 0 Å². The Kier molecular flexibility index (Phi) is 5.34. The lowest BCUT2D eigenvalue weighted by atomic mass is 10.1. The van der Waals surface area contributed by atoms with E-state index in [0.717, 1.165) is 30.8 Å². The van der Waals surface area contributed by atoms with Crippen molar-refractivity contribution in [1.82, 2.24) is 15.1 Å². The Morgan fingerprint density at radius 3 is 2.56 bits per heavy atom. The van der Waals surface area contributed by atoms with Gasteiger partial charge in [0.05, 0.1) is 12.2 Å². The molecule has 0 aromatic carbocycles. The molecule has 0 saturated carbocycles. The van der Waals surface area contributed by atoms with Crippen molar-refractivity contribution in [3.63, 3.8) is 0 Å². The maximum atomic E-state index is 11.4. The van der Waals surface area contributed by atoms with E-state index in [4.69, 9.17) is 5.73 Å². The maximum Gasteiger partial charge on any atom is 0.236 e. The third-order valence-electron chi connectivity index (χ3n) is 3.22. The fourth-order valence-electron chi connectivity index (χ4n) is 2.17. The summed E-state index contributed by atoms with van der Waals surface area (Å²) in [5.41, 5.74) is 8.83. The van der Waals surface area contributed by atoms with Crippen molar-refractivity contribution in [2.45, 2.75) is 53.1 Å². The van der Waals surface area contributed by atoms with Crippen molar-refractivity contribution in [2.75, 3.05) is 6.54 Å². The molecule has 0 saturated heterocycles. The Hall–Kier alpha value is -1.36. The lowest BCUT2D eigenvalue weighted by molar-refractivity contribution is -0.120. The number of nitrogens with one attached hydrogen (secondary N) is 1. The first-order valence-corrected chi connectivity index (χ1v) is 6.56. The second kappa shape index (κ2) is 6.54. The summed E-state index contributed by atoms with van der Waals surface area (Å²) in [6.07, 6.45) is 1.93. The van der Waals surface area contributed by atoms with Crippen LogP contribution in [0.1, 0.15) is 37.2 Å². The summed E-state index contributed by atoms with van der Waals surface area (Å²) in [6.45, 7) is 9.50. The number of nitrogens with two attached hydrogens (primary N) is 1. The maximum absolute atomic E-state index is 11.4. The number of carbonyl (C=O) groups is 1. The second-order valence-electron chi connectivity index (χ2n) is 4.59. The van der Waals surface area contributed by atoms with Gasteiger partial charge >= 0.3 is 0 Å². The van der Waals surface area contributed by atoms with Crippen molar-refractivity contribution in [3.8, 4) is 0 Å². The van der Waals surface area contributed by atoms with Gasteiger partial charge in [0.1, 0.15) is 6.04 Å². The smallest absolute Gasteiger partial charge is 0.236 e. The average molecular weight is 252 g/mol. The van der Waals surface area contributed by atoms with Crippen molar-refractivity contribution < 1.29 is 4.79 Å². The van der Waals surface area contributed by atoms with Gasteiger partial charge in [0, 0.05) is 5.69 Å². The quantitative estimate of drug-likeness (QED) is 0.758. The number of nitrogens with zero attached hydrogens (tertiary/aromatic N) is 2. The van der Waals surface area contributed by atoms with Gasteiger partial charge in [0.2, 0.25) is 5.91 Å². The Morgan fingerprint density at radius 1 is 1.44 bits per heavy atom. The zero-order chi connectivity index (χ0) is 13.7. The molecule has 3 N–H and O–H groups in total. The Morgan fingerprint density at radius 2 is 2.11 bits per heavy atom. The fourth-order valence-corrected chi connectivity index (χ4v) is 2.17. The standard InChI is InChI=1S/C13H24N4O/c1-5-7-15-12(13(14)18)8-17-10(4)11(6-2)9(3)16-17/h12,15H,5-8H2,1-4H3,(H2,14,18). The molecule has 0 aliphatic rings. The molecule has 0 bridgehead atoms. The first-order valence-electron chi connectivity index (χ1n) is 6.56. The van der Waals surface area contributed by atoms with Gasteiger partial charge in [-0.25, -0.2) is 0 Å². The van der Waals surface area contributed by atoms with Crippen LogP contribution in [-0.4, -0.2) is 28.3 Å². The molecule has 1 atom stereocenters. The molecule has 1 aromatic heterocycles. The first kappa shape index (κ1) is 14.7. The lowest BCUT2D eigenvalue weighted by Crippen LogP contribution is -2.44. The molecule has 1 amide bonds. The minimum atomic E-state index is -0.354. The summed E-state index contributed by atoms with van der Waals surface area (Å²) in [5.74, 6) is -0.325. The molecule has 5 nitrogen and oxygen atoms in total. The summed E-state index contributed by atoms with van der Waals surface area (Å²) < 4.78 is 1.88. The van der Waals surface area contributed by atoms with Crippen molar-refractivity contribution in [1.29, 1.82) is 0 Å². The molecule has 102 valence electrons. The van der Waals surface area contributed by atoms with Gasteiger partial charge in [0.25, 0.3) is 0 Å². The number of aryl methyl sites for hydroxylation is 1. The minimum Gasteiger partial charge on any atom is -0.368 e. The van der Waals surface area contributed by atoms with Gasteiger partial charge in [-0.2, -0.15) is 5.10 Å². The number of carbonyl (C=O) groups excluding carboxylic acids is 1. The molecule has 5 heteroatoms. The van der Waals surface area contributed by atoms with Crippen LogP contribution < -0.4 is 11.1 Å². The molecule has 0 aliphatic carbocycles. The number of amides is 1. The van der Waals surface area contributed by atoms with E-state index in [2.05, 4.69) is 24.3 Å². The van der Waals surface area contributed by atoms with Crippen LogP contribution >= 0.6 is 0 Å². The predicted molar refractivity (Wildman–Crippen MR) is 72.4 cm³/mol. The Bertz CT molecular complexity index is 411. The predicted octanol–water partition coefficient (Wildman–Crippen LogP) is 0.916. The summed E-state index contributed by atoms with van der Waals surface area (Å²) in [4.78, 5) is 11.4. The molecule has 1 heterocycles. The number of hydrogen-bond acceptors (Lipinski definition) is 3. The van der Waals surface area contributed by atoms with E-state index in [9.17, 15) is 4.79 Å². The normalized spacial score (nSPS) is 12.7. The van der Waals surface area contributed by atoms with Crippen molar-refractivity contribution in [2.24, 2.45) is 5.73 Å². The lowest BCUT2D eigenvalue weighted by Gasteiger charge is -2.16. The van der Waals surface area contributed by atoms with E-state index in [-0.39, 0.29) is 11.9 Å². The van der Waals surface area contributed by atoms with E-state index >= 15 is 0 Å². The molecular weight excluding hydrogens is 228 g/mol. The molecule has 1 rings (SSSR count). The van der Waals surface area contributed by atoms with Crippen LogP contribution in [0.3, 0.4) is 0 Å². The van der Waals surface area contributed by atoms with Gasteiger partial charge in [-0.3, -0.25) is 9.48 Å². The largest absolute Gasteiger partial charge is 0.368 e.